The number of carbonyl (C=O) groups excluding carboxylic acids is 1. The number of hydrogen-bond donors (Lipinski definition) is 4. The van der Waals surface area contributed by atoms with E-state index in [4.69, 9.17) is 11.1 Å². The summed E-state index contributed by atoms with van der Waals surface area (Å²) in [6.07, 6.45) is 0. The van der Waals surface area contributed by atoms with Crippen molar-refractivity contribution >= 4 is 11.9 Å². The Morgan fingerprint density at radius 2 is 2.33 bits per heavy atom. The SMILES string of the molecule is [CH2]NC(=O)CNC(=N)N. The van der Waals surface area contributed by atoms with Crippen molar-refractivity contribution in [1.82, 2.24) is 10.6 Å². The van der Waals surface area contributed by atoms with E-state index in [1.165, 1.54) is 0 Å². The van der Waals surface area contributed by atoms with Crippen molar-refractivity contribution < 1.29 is 4.79 Å². The normalized spacial score (nSPS) is 8.11. The molecule has 0 fully saturated rings. The third-order valence-electron chi connectivity index (χ3n) is 0.637. The molecular formula is C4H9N4O. The van der Waals surface area contributed by atoms with Gasteiger partial charge in [0.15, 0.2) is 5.96 Å². The van der Waals surface area contributed by atoms with E-state index >= 15 is 0 Å². The average Bonchev–Trinajstić information content (AvgIpc) is 1.83. The molecule has 0 aromatic heterocycles. The van der Waals surface area contributed by atoms with Gasteiger partial charge < -0.3 is 16.4 Å². The van der Waals surface area contributed by atoms with Crippen molar-refractivity contribution in [3.63, 3.8) is 0 Å². The monoisotopic (exact) mass is 129 g/mol. The fourth-order valence-corrected chi connectivity index (χ4v) is 0.238. The van der Waals surface area contributed by atoms with E-state index in [-0.39, 0.29) is 18.4 Å². The molecule has 9 heavy (non-hydrogen) atoms. The van der Waals surface area contributed by atoms with Gasteiger partial charge in [0, 0.05) is 7.05 Å². The lowest BCUT2D eigenvalue weighted by Gasteiger charge is -1.99. The van der Waals surface area contributed by atoms with Gasteiger partial charge in [0.05, 0.1) is 6.54 Å². The van der Waals surface area contributed by atoms with E-state index in [0.29, 0.717) is 0 Å². The van der Waals surface area contributed by atoms with Crippen LogP contribution in [0.1, 0.15) is 0 Å². The predicted octanol–water partition coefficient (Wildman–Crippen LogP) is -1.62. The zero-order chi connectivity index (χ0) is 7.28. The van der Waals surface area contributed by atoms with Crippen molar-refractivity contribution in [2.24, 2.45) is 5.73 Å². The minimum atomic E-state index is -0.301. The Morgan fingerprint density at radius 3 is 2.67 bits per heavy atom. The van der Waals surface area contributed by atoms with Gasteiger partial charge in [0.25, 0.3) is 0 Å². The molecule has 0 bridgehead atoms. The van der Waals surface area contributed by atoms with Crippen molar-refractivity contribution in [3.05, 3.63) is 7.05 Å². The Labute approximate surface area is 53.1 Å². The molecule has 51 valence electrons. The summed E-state index contributed by atoms with van der Waals surface area (Å²) < 4.78 is 0. The Hall–Kier alpha value is -1.26. The summed E-state index contributed by atoms with van der Waals surface area (Å²) in [4.78, 5) is 10.3. The third kappa shape index (κ3) is 4.60. The number of hydrogen-bond acceptors (Lipinski definition) is 2. The van der Waals surface area contributed by atoms with E-state index in [1.54, 1.807) is 0 Å². The van der Waals surface area contributed by atoms with Crippen LogP contribution in [0.5, 0.6) is 0 Å². The highest BCUT2D eigenvalue weighted by molar-refractivity contribution is 5.84. The number of carbonyl (C=O) groups is 1. The topological polar surface area (TPSA) is 91.0 Å². The fourth-order valence-electron chi connectivity index (χ4n) is 0.238. The van der Waals surface area contributed by atoms with Crippen LogP contribution in [0.3, 0.4) is 0 Å². The number of nitrogens with two attached hydrogens (primary N) is 1. The maximum Gasteiger partial charge on any atom is 0.239 e. The molecule has 0 aliphatic heterocycles. The number of nitrogens with one attached hydrogen (secondary N) is 3. The first-order valence-corrected chi connectivity index (χ1v) is 2.30. The number of amides is 1. The van der Waals surface area contributed by atoms with Gasteiger partial charge in [0.2, 0.25) is 5.91 Å². The second kappa shape index (κ2) is 3.71. The number of rotatable bonds is 2. The molecule has 0 unspecified atom stereocenters. The summed E-state index contributed by atoms with van der Waals surface area (Å²) in [7, 11) is 3.11. The molecule has 1 amide bonds. The molecule has 0 saturated heterocycles. The van der Waals surface area contributed by atoms with Gasteiger partial charge in [-0.2, -0.15) is 0 Å². The summed E-state index contributed by atoms with van der Waals surface area (Å²) >= 11 is 0. The van der Waals surface area contributed by atoms with E-state index in [0.717, 1.165) is 0 Å². The zero-order valence-electron chi connectivity index (χ0n) is 4.90. The molecule has 1 radical (unpaired) electrons. The van der Waals surface area contributed by atoms with Crippen LogP contribution in [-0.4, -0.2) is 18.4 Å². The first kappa shape index (κ1) is 7.74. The molecule has 5 heteroatoms. The quantitative estimate of drug-likeness (QED) is 0.267. The van der Waals surface area contributed by atoms with Crippen LogP contribution >= 0.6 is 0 Å². The molecule has 0 aromatic carbocycles. The molecule has 0 atom stereocenters. The van der Waals surface area contributed by atoms with Gasteiger partial charge in [-0.25, -0.2) is 0 Å². The van der Waals surface area contributed by atoms with Gasteiger partial charge in [0.1, 0.15) is 0 Å². The fraction of sp³-hybridized carbons (Fsp3) is 0.250. The molecular weight excluding hydrogens is 120 g/mol. The molecule has 0 aliphatic carbocycles. The maximum absolute atomic E-state index is 10.3. The second-order valence-electron chi connectivity index (χ2n) is 1.37. The molecule has 0 heterocycles. The summed E-state index contributed by atoms with van der Waals surface area (Å²) in [6, 6.07) is 0. The molecule has 0 rings (SSSR count). The molecule has 0 aromatic rings. The Kier molecular flexibility index (Phi) is 3.19. The maximum atomic E-state index is 10.3. The van der Waals surface area contributed by atoms with Crippen molar-refractivity contribution in [2.75, 3.05) is 6.54 Å². The van der Waals surface area contributed by atoms with Crippen LogP contribution < -0.4 is 16.4 Å². The van der Waals surface area contributed by atoms with Crippen LogP contribution in [-0.2, 0) is 4.79 Å². The largest absolute Gasteiger partial charge is 0.370 e. The van der Waals surface area contributed by atoms with E-state index < -0.39 is 0 Å². The van der Waals surface area contributed by atoms with Crippen LogP contribution in [0, 0.1) is 12.5 Å². The summed E-state index contributed by atoms with van der Waals surface area (Å²) in [5.74, 6) is -0.524. The highest BCUT2D eigenvalue weighted by atomic mass is 16.1. The highest BCUT2D eigenvalue weighted by Crippen LogP contribution is 1.58. The van der Waals surface area contributed by atoms with Gasteiger partial charge in [-0.15, -0.1) is 0 Å². The van der Waals surface area contributed by atoms with Gasteiger partial charge in [-0.1, -0.05) is 0 Å². The zero-order valence-corrected chi connectivity index (χ0v) is 4.90. The summed E-state index contributed by atoms with van der Waals surface area (Å²) in [6.45, 7) is -0.00116. The smallest absolute Gasteiger partial charge is 0.239 e. The molecule has 0 aliphatic rings. The van der Waals surface area contributed by atoms with Crippen LogP contribution in [0.15, 0.2) is 0 Å². The van der Waals surface area contributed by atoms with Gasteiger partial charge in [-0.3, -0.25) is 10.2 Å². The number of guanidine groups is 1. The Morgan fingerprint density at radius 1 is 1.78 bits per heavy atom. The van der Waals surface area contributed by atoms with E-state index in [9.17, 15) is 4.79 Å². The minimum absolute atomic E-state index is 0.00116. The lowest BCUT2D eigenvalue weighted by Crippen LogP contribution is -2.38. The van der Waals surface area contributed by atoms with Crippen LogP contribution in [0.25, 0.3) is 0 Å². The molecule has 0 spiro atoms. The molecule has 5 nitrogen and oxygen atoms in total. The average molecular weight is 129 g/mol. The molecule has 0 saturated carbocycles. The predicted molar refractivity (Wildman–Crippen MR) is 33.4 cm³/mol. The lowest BCUT2D eigenvalue weighted by atomic mass is 10.6. The van der Waals surface area contributed by atoms with E-state index in [1.807, 2.05) is 0 Å². The lowest BCUT2D eigenvalue weighted by molar-refractivity contribution is -0.119. The van der Waals surface area contributed by atoms with Crippen molar-refractivity contribution in [3.8, 4) is 0 Å². The first-order chi connectivity index (χ1) is 4.16. The highest BCUT2D eigenvalue weighted by Gasteiger charge is 1.94. The van der Waals surface area contributed by atoms with Crippen LogP contribution in [0.2, 0.25) is 0 Å². The Bertz CT molecular complexity index is 122. The minimum Gasteiger partial charge on any atom is -0.370 e. The first-order valence-electron chi connectivity index (χ1n) is 2.30. The third-order valence-corrected chi connectivity index (χ3v) is 0.637. The van der Waals surface area contributed by atoms with Crippen molar-refractivity contribution in [2.45, 2.75) is 0 Å². The Balaban J connectivity index is 3.28. The van der Waals surface area contributed by atoms with E-state index in [2.05, 4.69) is 17.7 Å². The van der Waals surface area contributed by atoms with Crippen molar-refractivity contribution in [1.29, 1.82) is 5.41 Å². The summed E-state index contributed by atoms with van der Waals surface area (Å²) in [5, 5.41) is 11.1. The summed E-state index contributed by atoms with van der Waals surface area (Å²) in [5.41, 5.74) is 4.87. The van der Waals surface area contributed by atoms with Gasteiger partial charge >= 0.3 is 0 Å². The van der Waals surface area contributed by atoms with Gasteiger partial charge in [-0.05, 0) is 0 Å². The molecule has 5 N–H and O–H groups in total. The second-order valence-corrected chi connectivity index (χ2v) is 1.37. The van der Waals surface area contributed by atoms with Crippen LogP contribution in [0.4, 0.5) is 0 Å². The standard InChI is InChI=1S/C4H9N4O/c1-7-3(9)2-8-4(5)6/h1-2H2,(H,7,9)(H4,5,6,8).